The fourth-order valence-corrected chi connectivity index (χ4v) is 5.12. The Labute approximate surface area is 163 Å². The van der Waals surface area contributed by atoms with Crippen molar-refractivity contribution >= 4 is 17.0 Å². The lowest BCUT2D eigenvalue weighted by Gasteiger charge is -2.35. The third kappa shape index (κ3) is 2.40. The number of allylic oxidation sites excluding steroid dienone is 3. The molecule has 1 spiro atoms. The SMILES string of the molecule is C1=CC2CC23CCCC(Nc2ncnc4c2nnn4Cc2ccccc2)C3=C1. The van der Waals surface area contributed by atoms with Crippen molar-refractivity contribution in [3.63, 3.8) is 0 Å². The Morgan fingerprint density at radius 1 is 1.18 bits per heavy atom. The summed E-state index contributed by atoms with van der Waals surface area (Å²) in [7, 11) is 0. The minimum absolute atomic E-state index is 0.320. The van der Waals surface area contributed by atoms with Gasteiger partial charge in [-0.2, -0.15) is 0 Å². The summed E-state index contributed by atoms with van der Waals surface area (Å²) in [6.45, 7) is 0.651. The maximum absolute atomic E-state index is 4.51. The number of benzene rings is 1. The largest absolute Gasteiger partial charge is 0.362 e. The van der Waals surface area contributed by atoms with Gasteiger partial charge in [-0.3, -0.25) is 0 Å². The van der Waals surface area contributed by atoms with Crippen LogP contribution in [0.2, 0.25) is 0 Å². The fraction of sp³-hybridized carbons (Fsp3) is 0.364. The highest BCUT2D eigenvalue weighted by Gasteiger charge is 2.58. The van der Waals surface area contributed by atoms with E-state index in [1.54, 1.807) is 11.9 Å². The molecule has 1 N–H and O–H groups in total. The van der Waals surface area contributed by atoms with Crippen molar-refractivity contribution in [2.75, 3.05) is 5.32 Å². The number of fused-ring (bicyclic) bond motifs is 1. The molecule has 2 aromatic heterocycles. The first kappa shape index (κ1) is 16.0. The first-order valence-electron chi connectivity index (χ1n) is 10.1. The van der Waals surface area contributed by atoms with Gasteiger partial charge in [-0.1, -0.05) is 60.2 Å². The molecule has 0 bridgehead atoms. The zero-order valence-electron chi connectivity index (χ0n) is 15.6. The average Bonchev–Trinajstić information content (AvgIpc) is 3.31. The van der Waals surface area contributed by atoms with E-state index in [4.69, 9.17) is 0 Å². The minimum Gasteiger partial charge on any atom is -0.362 e. The molecule has 1 aromatic carbocycles. The third-order valence-electron chi connectivity index (χ3n) is 6.61. The minimum atomic E-state index is 0.320. The Kier molecular flexibility index (Phi) is 3.42. The van der Waals surface area contributed by atoms with Gasteiger partial charge in [0, 0.05) is 11.5 Å². The zero-order valence-corrected chi connectivity index (χ0v) is 15.6. The average molecular weight is 370 g/mol. The van der Waals surface area contributed by atoms with Crippen LogP contribution in [0.1, 0.15) is 31.2 Å². The Bertz CT molecular complexity index is 1100. The molecule has 2 heterocycles. The van der Waals surface area contributed by atoms with Gasteiger partial charge in [0.05, 0.1) is 6.54 Å². The van der Waals surface area contributed by atoms with Gasteiger partial charge in [0.2, 0.25) is 0 Å². The molecule has 3 aliphatic carbocycles. The number of anilines is 1. The second kappa shape index (κ2) is 5.99. The smallest absolute Gasteiger partial charge is 0.184 e. The van der Waals surface area contributed by atoms with Gasteiger partial charge < -0.3 is 5.32 Å². The van der Waals surface area contributed by atoms with Crippen LogP contribution in [0.15, 0.2) is 60.5 Å². The molecule has 6 nitrogen and oxygen atoms in total. The van der Waals surface area contributed by atoms with Crippen molar-refractivity contribution in [3.8, 4) is 0 Å². The number of aromatic nitrogens is 5. The molecule has 28 heavy (non-hydrogen) atoms. The summed E-state index contributed by atoms with van der Waals surface area (Å²) in [5.74, 6) is 1.54. The van der Waals surface area contributed by atoms with Gasteiger partial charge >= 0.3 is 0 Å². The number of hydrogen-bond acceptors (Lipinski definition) is 5. The molecule has 0 aliphatic heterocycles. The maximum Gasteiger partial charge on any atom is 0.184 e. The molecular formula is C22H22N6. The van der Waals surface area contributed by atoms with E-state index in [-0.39, 0.29) is 0 Å². The Morgan fingerprint density at radius 2 is 2.11 bits per heavy atom. The molecule has 6 heteroatoms. The van der Waals surface area contributed by atoms with E-state index >= 15 is 0 Å². The van der Waals surface area contributed by atoms with Crippen molar-refractivity contribution < 1.29 is 0 Å². The van der Waals surface area contributed by atoms with E-state index in [9.17, 15) is 0 Å². The Balaban J connectivity index is 1.32. The molecule has 3 aromatic rings. The zero-order chi connectivity index (χ0) is 18.6. The van der Waals surface area contributed by atoms with Gasteiger partial charge in [-0.05, 0) is 36.3 Å². The second-order valence-electron chi connectivity index (χ2n) is 8.19. The van der Waals surface area contributed by atoms with Crippen LogP contribution >= 0.6 is 0 Å². The van der Waals surface area contributed by atoms with Gasteiger partial charge in [0.25, 0.3) is 0 Å². The molecule has 140 valence electrons. The lowest BCUT2D eigenvalue weighted by Crippen LogP contribution is -2.33. The normalized spacial score (nSPS) is 27.8. The Morgan fingerprint density at radius 3 is 3.04 bits per heavy atom. The van der Waals surface area contributed by atoms with Crippen LogP contribution in [-0.4, -0.2) is 31.0 Å². The highest BCUT2D eigenvalue weighted by Crippen LogP contribution is 2.66. The lowest BCUT2D eigenvalue weighted by molar-refractivity contribution is 0.396. The Hall–Kier alpha value is -3.02. The first-order chi connectivity index (χ1) is 13.8. The lowest BCUT2D eigenvalue weighted by atomic mass is 9.75. The van der Waals surface area contributed by atoms with E-state index in [1.165, 1.54) is 24.8 Å². The van der Waals surface area contributed by atoms with Crippen LogP contribution in [0.3, 0.4) is 0 Å². The van der Waals surface area contributed by atoms with Gasteiger partial charge in [0.15, 0.2) is 17.0 Å². The quantitative estimate of drug-likeness (QED) is 0.758. The van der Waals surface area contributed by atoms with Crippen molar-refractivity contribution in [1.82, 2.24) is 25.0 Å². The first-order valence-corrected chi connectivity index (χ1v) is 10.1. The number of hydrogen-bond donors (Lipinski definition) is 1. The van der Waals surface area contributed by atoms with Gasteiger partial charge in [-0.15, -0.1) is 5.10 Å². The summed E-state index contributed by atoms with van der Waals surface area (Å²) in [4.78, 5) is 8.97. The van der Waals surface area contributed by atoms with Gasteiger partial charge in [-0.25, -0.2) is 14.6 Å². The summed E-state index contributed by atoms with van der Waals surface area (Å²) in [6.07, 6.45) is 13.6. The maximum atomic E-state index is 4.51. The van der Waals surface area contributed by atoms with E-state index < -0.39 is 0 Å². The topological polar surface area (TPSA) is 68.5 Å². The molecule has 2 saturated carbocycles. The highest BCUT2D eigenvalue weighted by atomic mass is 15.4. The van der Waals surface area contributed by atoms with Crippen molar-refractivity contribution in [3.05, 3.63) is 66.0 Å². The molecule has 6 rings (SSSR count). The van der Waals surface area contributed by atoms with Crippen LogP contribution in [-0.2, 0) is 6.54 Å². The predicted molar refractivity (Wildman–Crippen MR) is 108 cm³/mol. The van der Waals surface area contributed by atoms with E-state index in [0.29, 0.717) is 18.0 Å². The molecule has 0 amide bonds. The molecule has 3 aliphatic rings. The van der Waals surface area contributed by atoms with Crippen molar-refractivity contribution in [2.24, 2.45) is 11.3 Å². The number of nitrogens with zero attached hydrogens (tertiary/aromatic N) is 5. The molecule has 3 unspecified atom stereocenters. The summed E-state index contributed by atoms with van der Waals surface area (Å²) in [6, 6.07) is 10.6. The van der Waals surface area contributed by atoms with E-state index in [1.807, 2.05) is 22.9 Å². The molecular weight excluding hydrogens is 348 g/mol. The predicted octanol–water partition coefficient (Wildman–Crippen LogP) is 3.74. The fourth-order valence-electron chi connectivity index (χ4n) is 5.12. The summed E-state index contributed by atoms with van der Waals surface area (Å²) in [5, 5.41) is 12.4. The van der Waals surface area contributed by atoms with Crippen LogP contribution in [0.5, 0.6) is 0 Å². The van der Waals surface area contributed by atoms with Crippen LogP contribution in [0, 0.1) is 11.3 Å². The molecule has 0 radical (unpaired) electrons. The monoisotopic (exact) mass is 370 g/mol. The highest BCUT2D eigenvalue weighted by molar-refractivity contribution is 5.82. The second-order valence-corrected chi connectivity index (χ2v) is 8.19. The summed E-state index contributed by atoms with van der Waals surface area (Å²) < 4.78 is 1.85. The third-order valence-corrected chi connectivity index (χ3v) is 6.61. The molecule has 0 saturated heterocycles. The van der Waals surface area contributed by atoms with Crippen molar-refractivity contribution in [1.29, 1.82) is 0 Å². The summed E-state index contributed by atoms with van der Waals surface area (Å²) >= 11 is 0. The number of nitrogens with one attached hydrogen (secondary N) is 1. The van der Waals surface area contributed by atoms with Gasteiger partial charge in [0.1, 0.15) is 6.33 Å². The standard InChI is InChI=1S/C22H22N6/c1-2-6-15(7-3-1)13-28-21-19(26-27-28)20(23-14-24-21)25-18-10-5-11-22-12-16(22)8-4-9-17(18)22/h1-4,6-9,14,16,18H,5,10-13H2,(H,23,24,25). The van der Waals surface area contributed by atoms with Crippen LogP contribution in [0.4, 0.5) is 5.82 Å². The summed E-state index contributed by atoms with van der Waals surface area (Å²) in [5.41, 5.74) is 4.66. The van der Waals surface area contributed by atoms with Crippen LogP contribution < -0.4 is 5.32 Å². The molecule has 3 atom stereocenters. The van der Waals surface area contributed by atoms with E-state index in [0.717, 1.165) is 29.3 Å². The van der Waals surface area contributed by atoms with Crippen molar-refractivity contribution in [2.45, 2.75) is 38.3 Å². The number of rotatable bonds is 4. The van der Waals surface area contributed by atoms with E-state index in [2.05, 4.69) is 56.0 Å². The molecule has 2 fully saturated rings. The van der Waals surface area contributed by atoms with Crippen LogP contribution in [0.25, 0.3) is 11.2 Å².